The third-order valence-electron chi connectivity index (χ3n) is 2.60. The first-order valence-corrected chi connectivity index (χ1v) is 7.06. The molecule has 0 radical (unpaired) electrons. The molecule has 0 spiro atoms. The fourth-order valence-corrected chi connectivity index (χ4v) is 1.13. The lowest BCUT2D eigenvalue weighted by molar-refractivity contribution is 0.0329. The first kappa shape index (κ1) is 20.1. The maximum absolute atomic E-state index is 8.25. The first-order valence-electron chi connectivity index (χ1n) is 7.06. The maximum Gasteiger partial charge on any atom is 0.0990 e. The molecule has 0 atom stereocenters. The van der Waals surface area contributed by atoms with Gasteiger partial charge in [0.1, 0.15) is 0 Å². The molecule has 5 nitrogen and oxygen atoms in total. The minimum Gasteiger partial charge on any atom is -0.395 e. The average molecular weight is 263 g/mol. The first-order chi connectivity index (χ1) is 8.65. The Balaban J connectivity index is 0. The summed E-state index contributed by atoms with van der Waals surface area (Å²) < 4.78 is 5.44. The second-order valence-electron chi connectivity index (χ2n) is 4.05. The van der Waals surface area contributed by atoms with Crippen molar-refractivity contribution < 1.29 is 9.84 Å². The van der Waals surface area contributed by atoms with Gasteiger partial charge in [-0.25, -0.2) is 5.01 Å². The van der Waals surface area contributed by atoms with E-state index >= 15 is 0 Å². The molecular weight excluding hydrogens is 230 g/mol. The maximum atomic E-state index is 8.25. The van der Waals surface area contributed by atoms with Crippen molar-refractivity contribution in [2.45, 2.75) is 40.5 Å². The van der Waals surface area contributed by atoms with E-state index in [1.807, 2.05) is 6.92 Å². The number of ether oxygens (including phenoxy) is 1. The van der Waals surface area contributed by atoms with Crippen molar-refractivity contribution in [3.8, 4) is 0 Å². The van der Waals surface area contributed by atoms with E-state index in [2.05, 4.69) is 25.7 Å². The molecule has 112 valence electrons. The third kappa shape index (κ3) is 15.8. The van der Waals surface area contributed by atoms with Crippen molar-refractivity contribution in [1.29, 1.82) is 0 Å². The normalized spacial score (nSPS) is 10.7. The minimum absolute atomic E-state index is 0.143. The number of hydrogen-bond acceptors (Lipinski definition) is 5. The molecule has 0 fully saturated rings. The summed E-state index contributed by atoms with van der Waals surface area (Å²) in [6.45, 7) is 13.8. The second kappa shape index (κ2) is 16.8. The Labute approximate surface area is 113 Å². The molecule has 5 heteroatoms. The third-order valence-corrected chi connectivity index (χ3v) is 2.60. The predicted octanol–water partition coefficient (Wildman–Crippen LogP) is 1.28. The summed E-state index contributed by atoms with van der Waals surface area (Å²) in [4.78, 5) is 2.27. The topological polar surface area (TPSA) is 62.0 Å². The van der Waals surface area contributed by atoms with Gasteiger partial charge in [0.25, 0.3) is 0 Å². The van der Waals surface area contributed by atoms with Gasteiger partial charge in [-0.15, -0.1) is 0 Å². The van der Waals surface area contributed by atoms with Gasteiger partial charge in [0.15, 0.2) is 0 Å². The van der Waals surface area contributed by atoms with Crippen LogP contribution in [0, 0.1) is 0 Å². The molecule has 18 heavy (non-hydrogen) atoms. The van der Waals surface area contributed by atoms with Crippen LogP contribution in [0.25, 0.3) is 0 Å². The number of aliphatic hydroxyl groups excluding tert-OH is 1. The van der Waals surface area contributed by atoms with E-state index < -0.39 is 0 Å². The highest BCUT2D eigenvalue weighted by Crippen LogP contribution is 1.91. The van der Waals surface area contributed by atoms with Crippen LogP contribution in [-0.2, 0) is 4.74 Å². The number of nitrogens with two attached hydrogens (primary N) is 1. The molecule has 0 aliphatic heterocycles. The lowest BCUT2D eigenvalue weighted by Crippen LogP contribution is -2.33. The Hall–Kier alpha value is -0.200. The van der Waals surface area contributed by atoms with Crippen LogP contribution >= 0.6 is 0 Å². The number of unbranched alkanes of at least 4 members (excludes halogenated alkanes) is 1. The highest BCUT2D eigenvalue weighted by atomic mass is 16.5. The summed E-state index contributed by atoms with van der Waals surface area (Å²) in [6.07, 6.45) is 2.40. The molecule has 0 aliphatic carbocycles. The van der Waals surface area contributed by atoms with Crippen molar-refractivity contribution in [3.63, 3.8) is 0 Å². The average Bonchev–Trinajstić information content (AvgIpc) is 2.40. The van der Waals surface area contributed by atoms with Crippen molar-refractivity contribution in [1.82, 2.24) is 9.91 Å². The molecule has 0 aromatic carbocycles. The molecule has 0 rings (SSSR count). The number of aliphatic hydroxyl groups is 1. The molecular formula is C13H33N3O2. The summed E-state index contributed by atoms with van der Waals surface area (Å²) in [5.41, 5.74) is 0. The predicted molar refractivity (Wildman–Crippen MR) is 77.2 cm³/mol. The van der Waals surface area contributed by atoms with E-state index in [0.29, 0.717) is 6.54 Å². The molecule has 0 unspecified atom stereocenters. The van der Waals surface area contributed by atoms with Crippen molar-refractivity contribution in [3.05, 3.63) is 0 Å². The Kier molecular flexibility index (Phi) is 18.8. The van der Waals surface area contributed by atoms with E-state index in [-0.39, 0.29) is 6.61 Å². The number of hydrogen-bond donors (Lipinski definition) is 2. The van der Waals surface area contributed by atoms with Gasteiger partial charge in [0.2, 0.25) is 0 Å². The molecule has 0 aliphatic rings. The molecule has 0 saturated heterocycles. The Bertz CT molecular complexity index is 144. The zero-order valence-electron chi connectivity index (χ0n) is 12.7. The van der Waals surface area contributed by atoms with Crippen LogP contribution < -0.4 is 5.84 Å². The summed E-state index contributed by atoms with van der Waals surface area (Å²) >= 11 is 0. The van der Waals surface area contributed by atoms with Gasteiger partial charge >= 0.3 is 0 Å². The fourth-order valence-electron chi connectivity index (χ4n) is 1.13. The van der Waals surface area contributed by atoms with Gasteiger partial charge in [-0.3, -0.25) is 10.7 Å². The monoisotopic (exact) mass is 263 g/mol. The summed E-state index contributed by atoms with van der Waals surface area (Å²) in [7, 11) is 0. The zero-order chi connectivity index (χ0) is 14.2. The SMILES string of the molecule is CCCCOCN(CC)CC.CCN(N)CCO. The van der Waals surface area contributed by atoms with E-state index in [0.717, 1.165) is 33.0 Å². The zero-order valence-corrected chi connectivity index (χ0v) is 12.7. The number of hydrazine groups is 1. The van der Waals surface area contributed by atoms with Gasteiger partial charge in [0.05, 0.1) is 13.3 Å². The van der Waals surface area contributed by atoms with E-state index in [4.69, 9.17) is 15.7 Å². The standard InChI is InChI=1S/C9H21NO.C4H12N2O/c1-4-7-8-11-9-10(5-2)6-3;1-2-6(5)3-4-7/h4-9H2,1-3H3;7H,2-5H2,1H3. The van der Waals surface area contributed by atoms with Gasteiger partial charge in [-0.2, -0.15) is 0 Å². The van der Waals surface area contributed by atoms with Crippen LogP contribution in [0.2, 0.25) is 0 Å². The van der Waals surface area contributed by atoms with Crippen molar-refractivity contribution in [2.24, 2.45) is 5.84 Å². The van der Waals surface area contributed by atoms with Crippen LogP contribution in [0.3, 0.4) is 0 Å². The van der Waals surface area contributed by atoms with E-state index in [1.165, 1.54) is 12.8 Å². The Morgan fingerprint density at radius 2 is 1.67 bits per heavy atom. The molecule has 0 heterocycles. The number of rotatable bonds is 10. The van der Waals surface area contributed by atoms with Crippen LogP contribution in [0.1, 0.15) is 40.5 Å². The van der Waals surface area contributed by atoms with Gasteiger partial charge < -0.3 is 9.84 Å². The quantitative estimate of drug-likeness (QED) is 0.269. The highest BCUT2D eigenvalue weighted by molar-refractivity contribution is 4.43. The van der Waals surface area contributed by atoms with Gasteiger partial charge in [-0.05, 0) is 19.5 Å². The van der Waals surface area contributed by atoms with Crippen molar-refractivity contribution in [2.75, 3.05) is 46.1 Å². The van der Waals surface area contributed by atoms with Gasteiger partial charge in [-0.1, -0.05) is 34.1 Å². The summed E-state index contributed by atoms with van der Waals surface area (Å²) in [5, 5.41) is 9.80. The van der Waals surface area contributed by atoms with Gasteiger partial charge in [0, 0.05) is 19.7 Å². The summed E-state index contributed by atoms with van der Waals surface area (Å²) in [6, 6.07) is 0. The van der Waals surface area contributed by atoms with Crippen LogP contribution in [-0.4, -0.2) is 61.1 Å². The smallest absolute Gasteiger partial charge is 0.0990 e. The minimum atomic E-state index is 0.143. The Morgan fingerprint density at radius 1 is 1.06 bits per heavy atom. The largest absolute Gasteiger partial charge is 0.395 e. The van der Waals surface area contributed by atoms with E-state index in [1.54, 1.807) is 5.01 Å². The molecule has 0 aromatic rings. The molecule has 0 bridgehead atoms. The van der Waals surface area contributed by atoms with Crippen LogP contribution in [0.15, 0.2) is 0 Å². The molecule has 0 saturated carbocycles. The number of likely N-dealkylation sites (N-methyl/N-ethyl adjacent to an activating group) is 1. The van der Waals surface area contributed by atoms with E-state index in [9.17, 15) is 0 Å². The molecule has 0 amide bonds. The second-order valence-corrected chi connectivity index (χ2v) is 4.05. The fraction of sp³-hybridized carbons (Fsp3) is 1.00. The highest BCUT2D eigenvalue weighted by Gasteiger charge is 1.96. The molecule has 3 N–H and O–H groups in total. The number of nitrogens with zero attached hydrogens (tertiary/aromatic N) is 2. The van der Waals surface area contributed by atoms with Crippen LogP contribution in [0.4, 0.5) is 0 Å². The Morgan fingerprint density at radius 3 is 2.00 bits per heavy atom. The lowest BCUT2D eigenvalue weighted by atomic mass is 10.4. The van der Waals surface area contributed by atoms with Crippen molar-refractivity contribution >= 4 is 0 Å². The lowest BCUT2D eigenvalue weighted by Gasteiger charge is -2.17. The molecule has 0 aromatic heterocycles. The van der Waals surface area contributed by atoms with Crippen LogP contribution in [0.5, 0.6) is 0 Å². The summed E-state index contributed by atoms with van der Waals surface area (Å²) in [5.74, 6) is 5.26.